The van der Waals surface area contributed by atoms with E-state index in [9.17, 15) is 22.4 Å². The second kappa shape index (κ2) is 9.44. The Morgan fingerprint density at radius 3 is 2.29 bits per heavy atom. The van der Waals surface area contributed by atoms with E-state index in [-0.39, 0.29) is 17.3 Å². The second-order valence-electron chi connectivity index (χ2n) is 7.34. The van der Waals surface area contributed by atoms with Gasteiger partial charge in [0.05, 0.1) is 16.9 Å². The molecule has 31 heavy (non-hydrogen) atoms. The van der Waals surface area contributed by atoms with Gasteiger partial charge in [0.1, 0.15) is 12.4 Å². The van der Waals surface area contributed by atoms with Crippen LogP contribution in [0.4, 0.5) is 15.8 Å². The first-order chi connectivity index (χ1) is 14.7. The number of anilines is 2. The van der Waals surface area contributed by atoms with E-state index in [1.807, 2.05) is 0 Å². The topological polar surface area (TPSA) is 90.0 Å². The minimum absolute atomic E-state index is 0.194. The number of halogens is 1. The van der Waals surface area contributed by atoms with Gasteiger partial charge in [-0.05, 0) is 37.1 Å². The van der Waals surface area contributed by atoms with Gasteiger partial charge >= 0.3 is 10.2 Å². The molecule has 1 heterocycles. The number of nitrogens with zero attached hydrogens (tertiary/aromatic N) is 3. The molecule has 0 atom stereocenters. The van der Waals surface area contributed by atoms with E-state index in [0.717, 1.165) is 23.2 Å². The highest BCUT2D eigenvalue weighted by Crippen LogP contribution is 2.24. The molecule has 1 saturated heterocycles. The molecule has 2 aromatic rings. The number of amides is 2. The summed E-state index contributed by atoms with van der Waals surface area (Å²) in [6, 6.07) is 11.9. The van der Waals surface area contributed by atoms with Crippen LogP contribution in [0, 0.1) is 5.82 Å². The molecule has 0 aromatic heterocycles. The van der Waals surface area contributed by atoms with E-state index in [1.54, 1.807) is 29.2 Å². The fourth-order valence-electron chi connectivity index (χ4n) is 3.33. The number of rotatable bonds is 7. The van der Waals surface area contributed by atoms with Gasteiger partial charge in [-0.2, -0.15) is 12.7 Å². The predicted octanol–water partition coefficient (Wildman–Crippen LogP) is 2.31. The van der Waals surface area contributed by atoms with E-state index in [0.29, 0.717) is 23.0 Å². The molecule has 0 unspecified atom stereocenters. The first-order valence-corrected chi connectivity index (χ1v) is 11.2. The quantitative estimate of drug-likeness (QED) is 0.704. The molecule has 0 bridgehead atoms. The minimum atomic E-state index is -4.15. The maximum Gasteiger partial charge on any atom is 0.304 e. The highest BCUT2D eigenvalue weighted by Gasteiger charge is 2.30. The number of para-hydroxylation sites is 2. The van der Waals surface area contributed by atoms with Gasteiger partial charge in [-0.25, -0.2) is 8.70 Å². The molecule has 166 valence electrons. The van der Waals surface area contributed by atoms with Crippen molar-refractivity contribution in [1.29, 1.82) is 0 Å². The first kappa shape index (κ1) is 22.7. The Morgan fingerprint density at radius 1 is 1.03 bits per heavy atom. The van der Waals surface area contributed by atoms with Crippen molar-refractivity contribution in [1.82, 2.24) is 9.21 Å². The van der Waals surface area contributed by atoms with Crippen molar-refractivity contribution in [2.45, 2.75) is 12.8 Å². The molecule has 1 fully saturated rings. The lowest BCUT2D eigenvalue weighted by molar-refractivity contribution is -0.114. The predicted molar refractivity (Wildman–Crippen MR) is 117 cm³/mol. The zero-order valence-corrected chi connectivity index (χ0v) is 18.2. The minimum Gasteiger partial charge on any atom is -0.339 e. The Balaban J connectivity index is 1.86. The van der Waals surface area contributed by atoms with Crippen molar-refractivity contribution in [3.8, 4) is 0 Å². The molecule has 1 aliphatic rings. The lowest BCUT2D eigenvalue weighted by Crippen LogP contribution is -2.44. The summed E-state index contributed by atoms with van der Waals surface area (Å²) in [7, 11) is -1.56. The monoisotopic (exact) mass is 448 g/mol. The third-order valence-electron chi connectivity index (χ3n) is 4.97. The molecule has 0 radical (unpaired) electrons. The van der Waals surface area contributed by atoms with Crippen LogP contribution in [0.3, 0.4) is 0 Å². The van der Waals surface area contributed by atoms with Crippen LogP contribution in [0.1, 0.15) is 23.2 Å². The van der Waals surface area contributed by atoms with Crippen molar-refractivity contribution in [2.75, 3.05) is 43.4 Å². The summed E-state index contributed by atoms with van der Waals surface area (Å²) >= 11 is 0. The summed E-state index contributed by atoms with van der Waals surface area (Å²) in [5.74, 6) is -1.67. The fraction of sp³-hybridized carbons (Fsp3) is 0.333. The lowest BCUT2D eigenvalue weighted by atomic mass is 10.1. The first-order valence-electron chi connectivity index (χ1n) is 9.84. The van der Waals surface area contributed by atoms with Gasteiger partial charge in [0.2, 0.25) is 5.91 Å². The number of hydrogen-bond donors (Lipinski definition) is 1. The van der Waals surface area contributed by atoms with Crippen molar-refractivity contribution in [3.63, 3.8) is 0 Å². The van der Waals surface area contributed by atoms with E-state index in [4.69, 9.17) is 0 Å². The SMILES string of the molecule is CN(C)S(=O)(=O)N(CC(=O)Nc1ccccc1C(=O)N1CCCC1)c1ccccc1F. The Kier molecular flexibility index (Phi) is 6.91. The summed E-state index contributed by atoms with van der Waals surface area (Å²) in [6.45, 7) is 0.653. The van der Waals surface area contributed by atoms with E-state index < -0.39 is 28.5 Å². The molecular weight excluding hydrogens is 423 g/mol. The van der Waals surface area contributed by atoms with Gasteiger partial charge < -0.3 is 10.2 Å². The van der Waals surface area contributed by atoms with Crippen molar-refractivity contribution in [2.24, 2.45) is 0 Å². The third kappa shape index (κ3) is 5.02. The highest BCUT2D eigenvalue weighted by molar-refractivity contribution is 7.90. The van der Waals surface area contributed by atoms with Crippen LogP contribution in [0.15, 0.2) is 48.5 Å². The lowest BCUT2D eigenvalue weighted by Gasteiger charge is -2.27. The molecule has 0 spiro atoms. The molecule has 2 aromatic carbocycles. The number of benzene rings is 2. The largest absolute Gasteiger partial charge is 0.339 e. The van der Waals surface area contributed by atoms with Gasteiger partial charge in [0.15, 0.2) is 0 Å². The van der Waals surface area contributed by atoms with E-state index in [1.165, 1.54) is 32.3 Å². The molecule has 0 saturated carbocycles. The van der Waals surface area contributed by atoms with E-state index in [2.05, 4.69) is 5.32 Å². The van der Waals surface area contributed by atoms with Gasteiger partial charge in [0, 0.05) is 27.2 Å². The number of hydrogen-bond acceptors (Lipinski definition) is 4. The van der Waals surface area contributed by atoms with Crippen LogP contribution < -0.4 is 9.62 Å². The average Bonchev–Trinajstić information content (AvgIpc) is 3.27. The molecular formula is C21H25FN4O4S. The molecule has 8 nitrogen and oxygen atoms in total. The number of likely N-dealkylation sites (tertiary alicyclic amines) is 1. The Hall–Kier alpha value is -2.98. The molecule has 2 amide bonds. The van der Waals surface area contributed by atoms with Crippen molar-refractivity contribution >= 4 is 33.4 Å². The van der Waals surface area contributed by atoms with Crippen LogP contribution in [0.5, 0.6) is 0 Å². The smallest absolute Gasteiger partial charge is 0.304 e. The molecule has 1 aliphatic heterocycles. The summed E-state index contributed by atoms with van der Waals surface area (Å²) in [5.41, 5.74) is 0.360. The summed E-state index contributed by atoms with van der Waals surface area (Å²) in [5, 5.41) is 2.61. The number of carbonyl (C=O) groups excluding carboxylic acids is 2. The van der Waals surface area contributed by atoms with Crippen LogP contribution in [0.25, 0.3) is 0 Å². The molecule has 3 rings (SSSR count). The van der Waals surface area contributed by atoms with Gasteiger partial charge in [-0.3, -0.25) is 9.59 Å². The van der Waals surface area contributed by atoms with Crippen LogP contribution in [-0.4, -0.2) is 63.2 Å². The van der Waals surface area contributed by atoms with Gasteiger partial charge in [-0.1, -0.05) is 24.3 Å². The van der Waals surface area contributed by atoms with Gasteiger partial charge in [-0.15, -0.1) is 0 Å². The summed E-state index contributed by atoms with van der Waals surface area (Å²) < 4.78 is 41.5. The third-order valence-corrected chi connectivity index (χ3v) is 6.78. The molecule has 1 N–H and O–H groups in total. The number of carbonyl (C=O) groups is 2. The summed E-state index contributed by atoms with van der Waals surface area (Å²) in [4.78, 5) is 27.3. The van der Waals surface area contributed by atoms with E-state index >= 15 is 0 Å². The number of nitrogens with one attached hydrogen (secondary N) is 1. The highest BCUT2D eigenvalue weighted by atomic mass is 32.2. The molecule has 10 heteroatoms. The second-order valence-corrected chi connectivity index (χ2v) is 9.41. The fourth-order valence-corrected chi connectivity index (χ4v) is 4.40. The Labute approximate surface area is 181 Å². The maximum atomic E-state index is 14.3. The average molecular weight is 449 g/mol. The Morgan fingerprint density at radius 2 is 1.65 bits per heavy atom. The normalized spacial score (nSPS) is 14.0. The standard InChI is InChI=1S/C21H25FN4O4S/c1-24(2)31(29,30)26(19-12-6-4-10-17(19)22)15-20(27)23-18-11-5-3-9-16(18)21(28)25-13-7-8-14-25/h3-6,9-12H,7-8,13-15H2,1-2H3,(H,23,27). The maximum absolute atomic E-state index is 14.3. The summed E-state index contributed by atoms with van der Waals surface area (Å²) in [6.07, 6.45) is 1.86. The molecule has 0 aliphatic carbocycles. The van der Waals surface area contributed by atoms with Crippen molar-refractivity contribution in [3.05, 3.63) is 59.9 Å². The van der Waals surface area contributed by atoms with Crippen LogP contribution in [0.2, 0.25) is 0 Å². The Bertz CT molecular complexity index is 1070. The zero-order valence-electron chi connectivity index (χ0n) is 17.4. The van der Waals surface area contributed by atoms with Crippen molar-refractivity contribution < 1.29 is 22.4 Å². The zero-order chi connectivity index (χ0) is 22.6. The van der Waals surface area contributed by atoms with Crippen LogP contribution in [-0.2, 0) is 15.0 Å². The van der Waals surface area contributed by atoms with Gasteiger partial charge in [0.25, 0.3) is 5.91 Å². The van der Waals surface area contributed by atoms with Crippen LogP contribution >= 0.6 is 0 Å².